The van der Waals surface area contributed by atoms with Crippen LogP contribution in [0.25, 0.3) is 10.9 Å². The highest BCUT2D eigenvalue weighted by molar-refractivity contribution is 5.90. The van der Waals surface area contributed by atoms with Crippen LogP contribution in [0.4, 0.5) is 11.8 Å². The molecule has 1 aromatic heterocycles. The molecule has 4 rings (SSSR count). The van der Waals surface area contributed by atoms with E-state index in [9.17, 15) is 4.79 Å². The Kier molecular flexibility index (Phi) is 6.12. The number of aromatic nitrogens is 2. The molecule has 1 heterocycles. The lowest BCUT2D eigenvalue weighted by atomic mass is 9.91. The van der Waals surface area contributed by atoms with Crippen LogP contribution in [-0.4, -0.2) is 42.1 Å². The van der Waals surface area contributed by atoms with Gasteiger partial charge in [0.25, 0.3) is 0 Å². The highest BCUT2D eigenvalue weighted by Crippen LogP contribution is 2.26. The maximum atomic E-state index is 12.3. The van der Waals surface area contributed by atoms with Crippen molar-refractivity contribution in [3.8, 4) is 0 Å². The molecule has 1 aliphatic carbocycles. The molecule has 0 atom stereocenters. The number of carbonyl (C=O) groups excluding carboxylic acids is 1. The zero-order valence-corrected chi connectivity index (χ0v) is 17.6. The molecule has 0 spiro atoms. The summed E-state index contributed by atoms with van der Waals surface area (Å²) < 4.78 is 0. The monoisotopic (exact) mass is 403 g/mol. The molecule has 1 aliphatic rings. The average Bonchev–Trinajstić information content (AvgIpc) is 2.75. The minimum Gasteiger partial charge on any atom is -0.362 e. The number of hydrogen-bond acceptors (Lipinski definition) is 5. The summed E-state index contributed by atoms with van der Waals surface area (Å²) in [4.78, 5) is 23.8. The highest BCUT2D eigenvalue weighted by Gasteiger charge is 2.23. The number of nitrogens with one attached hydrogen (secondary N) is 2. The van der Waals surface area contributed by atoms with Gasteiger partial charge in [-0.3, -0.25) is 4.79 Å². The lowest BCUT2D eigenvalue weighted by Crippen LogP contribution is -2.40. The van der Waals surface area contributed by atoms with E-state index in [4.69, 9.17) is 9.97 Å². The number of benzene rings is 2. The first-order valence-corrected chi connectivity index (χ1v) is 10.6. The topological polar surface area (TPSA) is 70.2 Å². The summed E-state index contributed by atoms with van der Waals surface area (Å²) in [5.74, 6) is 1.70. The Labute approximate surface area is 177 Å². The van der Waals surface area contributed by atoms with Crippen LogP contribution >= 0.6 is 0 Å². The predicted octanol–water partition coefficient (Wildman–Crippen LogP) is 3.78. The molecule has 2 N–H and O–H groups in total. The number of fused-ring (bicyclic) bond motifs is 1. The fourth-order valence-corrected chi connectivity index (χ4v) is 4.09. The van der Waals surface area contributed by atoms with Crippen LogP contribution in [0.3, 0.4) is 0 Å². The first kappa shape index (κ1) is 20.1. The molecular weight excluding hydrogens is 374 g/mol. The Morgan fingerprint density at radius 1 is 0.933 bits per heavy atom. The minimum absolute atomic E-state index is 0.103. The van der Waals surface area contributed by atoms with Crippen molar-refractivity contribution in [2.45, 2.75) is 44.2 Å². The van der Waals surface area contributed by atoms with Gasteiger partial charge in [0.2, 0.25) is 11.9 Å². The molecule has 156 valence electrons. The van der Waals surface area contributed by atoms with Crippen molar-refractivity contribution in [3.63, 3.8) is 0 Å². The van der Waals surface area contributed by atoms with Gasteiger partial charge >= 0.3 is 0 Å². The zero-order chi connectivity index (χ0) is 20.9. The van der Waals surface area contributed by atoms with E-state index in [0.717, 1.165) is 48.0 Å². The van der Waals surface area contributed by atoms with Gasteiger partial charge in [0.05, 0.1) is 11.9 Å². The zero-order valence-electron chi connectivity index (χ0n) is 17.6. The Morgan fingerprint density at radius 2 is 1.60 bits per heavy atom. The summed E-state index contributed by atoms with van der Waals surface area (Å²) in [5.41, 5.74) is 2.00. The Bertz CT molecular complexity index is 997. The van der Waals surface area contributed by atoms with Crippen LogP contribution in [-0.2, 0) is 11.2 Å². The average molecular weight is 404 g/mol. The van der Waals surface area contributed by atoms with Crippen LogP contribution in [0, 0.1) is 0 Å². The van der Waals surface area contributed by atoms with Crippen LogP contribution in [0.1, 0.15) is 31.2 Å². The molecule has 1 fully saturated rings. The number of carbonyl (C=O) groups is 1. The van der Waals surface area contributed by atoms with Crippen LogP contribution in [0.15, 0.2) is 54.6 Å². The van der Waals surface area contributed by atoms with Crippen molar-refractivity contribution in [1.82, 2.24) is 15.3 Å². The van der Waals surface area contributed by atoms with E-state index in [2.05, 4.69) is 16.7 Å². The molecular formula is C24H29N5O. The normalized spacial score (nSPS) is 18.7. The van der Waals surface area contributed by atoms with Crippen molar-refractivity contribution in [2.75, 3.05) is 24.3 Å². The Balaban J connectivity index is 1.33. The lowest BCUT2D eigenvalue weighted by molar-refractivity contribution is -0.121. The number of hydrogen-bond donors (Lipinski definition) is 2. The first-order chi connectivity index (χ1) is 14.6. The lowest BCUT2D eigenvalue weighted by Gasteiger charge is -2.30. The molecule has 2 aromatic carbocycles. The van der Waals surface area contributed by atoms with Gasteiger partial charge in [-0.05, 0) is 43.4 Å². The third-order valence-corrected chi connectivity index (χ3v) is 5.64. The molecule has 0 saturated heterocycles. The number of rotatable bonds is 6. The van der Waals surface area contributed by atoms with Crippen LogP contribution in [0.5, 0.6) is 0 Å². The van der Waals surface area contributed by atoms with Gasteiger partial charge in [0, 0.05) is 31.6 Å². The molecule has 1 amide bonds. The SMILES string of the molecule is CN(C)c1nc(NC2CCC(NC(=O)Cc3ccccc3)CC2)nc2ccccc12. The molecule has 3 aromatic rings. The van der Waals surface area contributed by atoms with E-state index in [1.165, 1.54) is 0 Å². The Hall–Kier alpha value is -3.15. The highest BCUT2D eigenvalue weighted by atomic mass is 16.1. The molecule has 30 heavy (non-hydrogen) atoms. The molecule has 0 radical (unpaired) electrons. The fourth-order valence-electron chi connectivity index (χ4n) is 4.09. The summed E-state index contributed by atoms with van der Waals surface area (Å²) in [6, 6.07) is 18.5. The van der Waals surface area contributed by atoms with E-state index in [1.54, 1.807) is 0 Å². The first-order valence-electron chi connectivity index (χ1n) is 10.6. The maximum Gasteiger partial charge on any atom is 0.225 e. The van der Waals surface area contributed by atoms with Gasteiger partial charge in [-0.2, -0.15) is 4.98 Å². The second-order valence-electron chi connectivity index (χ2n) is 8.21. The fraction of sp³-hybridized carbons (Fsp3) is 0.375. The largest absolute Gasteiger partial charge is 0.362 e. The molecule has 0 unspecified atom stereocenters. The van der Waals surface area contributed by atoms with Gasteiger partial charge in [-0.25, -0.2) is 4.98 Å². The minimum atomic E-state index is 0.103. The van der Waals surface area contributed by atoms with E-state index < -0.39 is 0 Å². The van der Waals surface area contributed by atoms with Gasteiger partial charge in [0.15, 0.2) is 0 Å². The van der Waals surface area contributed by atoms with Gasteiger partial charge in [-0.15, -0.1) is 0 Å². The predicted molar refractivity (Wildman–Crippen MR) is 122 cm³/mol. The summed E-state index contributed by atoms with van der Waals surface area (Å²) in [5, 5.41) is 7.77. The second-order valence-corrected chi connectivity index (χ2v) is 8.21. The number of nitrogens with zero attached hydrogens (tertiary/aromatic N) is 3. The van der Waals surface area contributed by atoms with Crippen molar-refractivity contribution in [2.24, 2.45) is 0 Å². The molecule has 0 aliphatic heterocycles. The third-order valence-electron chi connectivity index (χ3n) is 5.64. The van der Waals surface area contributed by atoms with E-state index >= 15 is 0 Å². The van der Waals surface area contributed by atoms with E-state index in [1.807, 2.05) is 67.5 Å². The summed E-state index contributed by atoms with van der Waals surface area (Å²) in [6.45, 7) is 0. The van der Waals surface area contributed by atoms with Crippen molar-refractivity contribution < 1.29 is 4.79 Å². The summed E-state index contributed by atoms with van der Waals surface area (Å²) >= 11 is 0. The molecule has 0 bridgehead atoms. The van der Waals surface area contributed by atoms with Crippen LogP contribution < -0.4 is 15.5 Å². The van der Waals surface area contributed by atoms with E-state index in [0.29, 0.717) is 18.4 Å². The second kappa shape index (κ2) is 9.11. The molecule has 6 nitrogen and oxygen atoms in total. The third kappa shape index (κ3) is 4.87. The maximum absolute atomic E-state index is 12.3. The summed E-state index contributed by atoms with van der Waals surface area (Å²) in [7, 11) is 4.00. The summed E-state index contributed by atoms with van der Waals surface area (Å²) in [6.07, 6.45) is 4.35. The Morgan fingerprint density at radius 3 is 2.33 bits per heavy atom. The quantitative estimate of drug-likeness (QED) is 0.656. The van der Waals surface area contributed by atoms with Gasteiger partial charge in [-0.1, -0.05) is 42.5 Å². The number of para-hydroxylation sites is 1. The van der Waals surface area contributed by atoms with E-state index in [-0.39, 0.29) is 11.9 Å². The number of amides is 1. The molecule has 1 saturated carbocycles. The van der Waals surface area contributed by atoms with Crippen molar-refractivity contribution >= 4 is 28.6 Å². The van der Waals surface area contributed by atoms with Crippen molar-refractivity contribution in [3.05, 3.63) is 60.2 Å². The number of anilines is 2. The van der Waals surface area contributed by atoms with Crippen LogP contribution in [0.2, 0.25) is 0 Å². The standard InChI is InChI=1S/C24H29N5O/c1-29(2)23-20-10-6-7-11-21(20)27-24(28-23)26-19-14-12-18(13-15-19)25-22(30)16-17-8-4-3-5-9-17/h3-11,18-19H,12-16H2,1-2H3,(H,25,30)(H,26,27,28). The molecule has 6 heteroatoms. The van der Waals surface area contributed by atoms with Gasteiger partial charge < -0.3 is 15.5 Å². The van der Waals surface area contributed by atoms with Gasteiger partial charge in [0.1, 0.15) is 5.82 Å². The van der Waals surface area contributed by atoms with Crippen molar-refractivity contribution in [1.29, 1.82) is 0 Å². The smallest absolute Gasteiger partial charge is 0.225 e.